The summed E-state index contributed by atoms with van der Waals surface area (Å²) < 4.78 is 16.8. The van der Waals surface area contributed by atoms with E-state index in [1.807, 2.05) is 55.5 Å². The van der Waals surface area contributed by atoms with Gasteiger partial charge in [-0.25, -0.2) is 4.79 Å². The molecule has 1 N–H and O–H groups in total. The molecule has 0 spiro atoms. The summed E-state index contributed by atoms with van der Waals surface area (Å²) in [5, 5.41) is 9.72. The van der Waals surface area contributed by atoms with E-state index in [1.165, 1.54) is 19.3 Å². The number of aliphatic hydroxyl groups is 1. The van der Waals surface area contributed by atoms with Crippen LogP contribution in [0.1, 0.15) is 61.8 Å². The molecule has 0 heterocycles. The molecule has 0 aliphatic carbocycles. The summed E-state index contributed by atoms with van der Waals surface area (Å²) in [7, 11) is 0. The van der Waals surface area contributed by atoms with Gasteiger partial charge in [0.2, 0.25) is 0 Å². The third-order valence-corrected chi connectivity index (χ3v) is 5.76. The molecule has 184 valence electrons. The SMILES string of the molecule is C=CC(=O)OCCOc1ccc(/C=C/c2cc(CO)c(C)cc2OCC(CC)CCCC)cc1. The molecule has 0 amide bonds. The maximum absolute atomic E-state index is 11.0. The van der Waals surface area contributed by atoms with Crippen LogP contribution in [0.2, 0.25) is 0 Å². The van der Waals surface area contributed by atoms with E-state index < -0.39 is 5.97 Å². The summed E-state index contributed by atoms with van der Waals surface area (Å²) in [5.41, 5.74) is 3.88. The highest BCUT2D eigenvalue weighted by molar-refractivity contribution is 5.81. The predicted octanol–water partition coefficient (Wildman–Crippen LogP) is 6.36. The molecular formula is C29H38O5. The standard InChI is InChI=1S/C29H38O5/c1-5-8-9-23(6-2)21-34-28-18-22(4)26(20-30)19-25(28)13-10-24-11-14-27(15-12-24)32-16-17-33-29(31)7-3/h7,10-15,18-19,23,30H,3,5-6,8-9,16-17,20-21H2,1-2,4H3/b13-10+. The van der Waals surface area contributed by atoms with Crippen molar-refractivity contribution in [3.05, 3.63) is 71.3 Å². The zero-order valence-corrected chi connectivity index (χ0v) is 20.7. The molecular weight excluding hydrogens is 428 g/mol. The first kappa shape index (κ1) is 27.2. The Kier molecular flexibility index (Phi) is 12.0. The van der Waals surface area contributed by atoms with Crippen LogP contribution in [0.25, 0.3) is 12.2 Å². The molecule has 0 radical (unpaired) electrons. The van der Waals surface area contributed by atoms with Crippen LogP contribution in [-0.2, 0) is 16.1 Å². The zero-order valence-electron chi connectivity index (χ0n) is 20.7. The van der Waals surface area contributed by atoms with E-state index in [0.29, 0.717) is 18.3 Å². The number of ether oxygens (including phenoxy) is 3. The van der Waals surface area contributed by atoms with Gasteiger partial charge in [0.25, 0.3) is 0 Å². The van der Waals surface area contributed by atoms with Crippen molar-refractivity contribution in [3.63, 3.8) is 0 Å². The predicted molar refractivity (Wildman–Crippen MR) is 138 cm³/mol. The van der Waals surface area contributed by atoms with Crippen molar-refractivity contribution in [2.75, 3.05) is 19.8 Å². The average Bonchev–Trinajstić information content (AvgIpc) is 2.86. The molecule has 0 fully saturated rings. The first-order valence-electron chi connectivity index (χ1n) is 12.1. The number of hydrogen-bond acceptors (Lipinski definition) is 5. The number of carbonyl (C=O) groups excluding carboxylic acids is 1. The minimum absolute atomic E-state index is 0.00478. The van der Waals surface area contributed by atoms with Crippen LogP contribution in [0.3, 0.4) is 0 Å². The Morgan fingerprint density at radius 3 is 2.50 bits per heavy atom. The van der Waals surface area contributed by atoms with Crippen molar-refractivity contribution in [2.24, 2.45) is 5.92 Å². The number of aryl methyl sites for hydroxylation is 1. The van der Waals surface area contributed by atoms with Crippen LogP contribution in [-0.4, -0.2) is 30.9 Å². The number of esters is 1. The maximum atomic E-state index is 11.0. The van der Waals surface area contributed by atoms with E-state index >= 15 is 0 Å². The van der Waals surface area contributed by atoms with Gasteiger partial charge in [0.05, 0.1) is 13.2 Å². The molecule has 0 saturated carbocycles. The van der Waals surface area contributed by atoms with Crippen LogP contribution >= 0.6 is 0 Å². The largest absolute Gasteiger partial charge is 0.493 e. The minimum atomic E-state index is -0.459. The fraction of sp³-hybridized carbons (Fsp3) is 0.414. The Morgan fingerprint density at radius 1 is 1.09 bits per heavy atom. The number of unbranched alkanes of at least 4 members (excludes halogenated alkanes) is 1. The first-order chi connectivity index (χ1) is 16.5. The molecule has 5 heteroatoms. The molecule has 5 nitrogen and oxygen atoms in total. The lowest BCUT2D eigenvalue weighted by Gasteiger charge is -2.18. The van der Waals surface area contributed by atoms with Gasteiger partial charge in [-0.1, -0.05) is 64.0 Å². The van der Waals surface area contributed by atoms with Crippen molar-refractivity contribution < 1.29 is 24.1 Å². The highest BCUT2D eigenvalue weighted by Gasteiger charge is 2.11. The van der Waals surface area contributed by atoms with E-state index in [4.69, 9.17) is 14.2 Å². The molecule has 2 aromatic carbocycles. The molecule has 0 bridgehead atoms. The highest BCUT2D eigenvalue weighted by Crippen LogP contribution is 2.27. The average molecular weight is 467 g/mol. The topological polar surface area (TPSA) is 65.0 Å². The van der Waals surface area contributed by atoms with Gasteiger partial charge in [-0.3, -0.25) is 0 Å². The second-order valence-electron chi connectivity index (χ2n) is 8.32. The van der Waals surface area contributed by atoms with Gasteiger partial charge in [-0.05, 0) is 60.2 Å². The van der Waals surface area contributed by atoms with Crippen molar-refractivity contribution in [1.29, 1.82) is 0 Å². The normalized spacial score (nSPS) is 11.9. The molecule has 1 atom stereocenters. The first-order valence-corrected chi connectivity index (χ1v) is 12.1. The molecule has 0 saturated heterocycles. The fourth-order valence-corrected chi connectivity index (χ4v) is 3.50. The maximum Gasteiger partial charge on any atom is 0.330 e. The summed E-state index contributed by atoms with van der Waals surface area (Å²) in [6, 6.07) is 11.7. The van der Waals surface area contributed by atoms with E-state index in [0.717, 1.165) is 40.5 Å². The second kappa shape index (κ2) is 15.0. The van der Waals surface area contributed by atoms with E-state index in [2.05, 4.69) is 20.4 Å². The van der Waals surface area contributed by atoms with Crippen molar-refractivity contribution in [1.82, 2.24) is 0 Å². The smallest absolute Gasteiger partial charge is 0.330 e. The second-order valence-corrected chi connectivity index (χ2v) is 8.32. The Bertz CT molecular complexity index is 930. The lowest BCUT2D eigenvalue weighted by atomic mass is 10.00. The Balaban J connectivity index is 2.06. The van der Waals surface area contributed by atoms with E-state index in [9.17, 15) is 9.90 Å². The fourth-order valence-electron chi connectivity index (χ4n) is 3.50. The zero-order chi connectivity index (χ0) is 24.8. The number of carbonyl (C=O) groups is 1. The summed E-state index contributed by atoms with van der Waals surface area (Å²) >= 11 is 0. The number of benzene rings is 2. The van der Waals surface area contributed by atoms with E-state index in [-0.39, 0.29) is 19.8 Å². The van der Waals surface area contributed by atoms with Crippen LogP contribution in [0.5, 0.6) is 11.5 Å². The van der Waals surface area contributed by atoms with E-state index in [1.54, 1.807) is 0 Å². The monoisotopic (exact) mass is 466 g/mol. The summed E-state index contributed by atoms with van der Waals surface area (Å²) in [6.45, 7) is 10.9. The van der Waals surface area contributed by atoms with Crippen LogP contribution in [0.4, 0.5) is 0 Å². The quantitative estimate of drug-likeness (QED) is 0.143. The number of rotatable bonds is 15. The molecule has 2 rings (SSSR count). The number of aliphatic hydroxyl groups excluding tert-OH is 1. The van der Waals surface area contributed by atoms with Gasteiger partial charge in [0.1, 0.15) is 24.7 Å². The summed E-state index contributed by atoms with van der Waals surface area (Å²) in [5.74, 6) is 1.63. The minimum Gasteiger partial charge on any atom is -0.493 e. The molecule has 0 aliphatic heterocycles. The van der Waals surface area contributed by atoms with Gasteiger partial charge in [-0.2, -0.15) is 0 Å². The van der Waals surface area contributed by atoms with Crippen LogP contribution in [0, 0.1) is 12.8 Å². The van der Waals surface area contributed by atoms with Gasteiger partial charge < -0.3 is 19.3 Å². The van der Waals surface area contributed by atoms with Gasteiger partial charge in [0, 0.05) is 11.6 Å². The molecule has 1 unspecified atom stereocenters. The lowest BCUT2D eigenvalue weighted by molar-refractivity contribution is -0.138. The Morgan fingerprint density at radius 2 is 1.85 bits per heavy atom. The highest BCUT2D eigenvalue weighted by atomic mass is 16.6. The molecule has 0 aromatic heterocycles. The van der Waals surface area contributed by atoms with Gasteiger partial charge in [-0.15, -0.1) is 0 Å². The molecule has 2 aromatic rings. The molecule has 0 aliphatic rings. The van der Waals surface area contributed by atoms with Gasteiger partial charge >= 0.3 is 5.97 Å². The third-order valence-electron chi connectivity index (χ3n) is 5.76. The Labute approximate surface area is 204 Å². The van der Waals surface area contributed by atoms with Crippen LogP contribution < -0.4 is 9.47 Å². The number of hydrogen-bond donors (Lipinski definition) is 1. The Hall–Kier alpha value is -3.05. The van der Waals surface area contributed by atoms with Gasteiger partial charge in [0.15, 0.2) is 0 Å². The van der Waals surface area contributed by atoms with Crippen molar-refractivity contribution in [2.45, 2.75) is 53.1 Å². The van der Waals surface area contributed by atoms with Crippen molar-refractivity contribution in [3.8, 4) is 11.5 Å². The summed E-state index contributed by atoms with van der Waals surface area (Å²) in [6.07, 6.45) is 9.86. The lowest BCUT2D eigenvalue weighted by Crippen LogP contribution is -2.12. The summed E-state index contributed by atoms with van der Waals surface area (Å²) in [4.78, 5) is 11.0. The third kappa shape index (κ3) is 9.06. The molecule has 34 heavy (non-hydrogen) atoms. The van der Waals surface area contributed by atoms with Crippen LogP contribution in [0.15, 0.2) is 49.1 Å². The van der Waals surface area contributed by atoms with Crippen molar-refractivity contribution >= 4 is 18.1 Å².